The molecule has 2 fully saturated rings. The van der Waals surface area contributed by atoms with E-state index in [0.29, 0.717) is 11.1 Å². The van der Waals surface area contributed by atoms with Crippen molar-refractivity contribution in [1.82, 2.24) is 9.97 Å². The van der Waals surface area contributed by atoms with E-state index in [1.54, 1.807) is 12.3 Å². The Bertz CT molecular complexity index is 706. The molecule has 3 atom stereocenters. The van der Waals surface area contributed by atoms with Gasteiger partial charge in [-0.3, -0.25) is 4.98 Å². The number of fused-ring (bicyclic) bond motifs is 2. The molecule has 2 saturated carbocycles. The third-order valence-corrected chi connectivity index (χ3v) is 5.77. The first kappa shape index (κ1) is 13.8. The molecule has 2 aliphatic carbocycles. The summed E-state index contributed by atoms with van der Waals surface area (Å²) in [5, 5.41) is 9.28. The molecule has 2 aromatic rings. The number of carboxylic acids is 1. The second-order valence-corrected chi connectivity index (χ2v) is 6.97. The Kier molecular flexibility index (Phi) is 3.40. The summed E-state index contributed by atoms with van der Waals surface area (Å²) in [4.78, 5) is 18.9. The minimum absolute atomic E-state index is 0.318. The Labute approximate surface area is 130 Å². The number of hydrogen-bond donors (Lipinski definition) is 2. The molecule has 2 N–H and O–H groups in total. The van der Waals surface area contributed by atoms with Crippen molar-refractivity contribution >= 4 is 17.0 Å². The molecule has 2 aliphatic rings. The van der Waals surface area contributed by atoms with Gasteiger partial charge in [0.1, 0.15) is 0 Å². The fourth-order valence-corrected chi connectivity index (χ4v) is 4.76. The van der Waals surface area contributed by atoms with E-state index in [-0.39, 0.29) is 0 Å². The summed E-state index contributed by atoms with van der Waals surface area (Å²) in [6, 6.07) is 3.61. The lowest BCUT2D eigenvalue weighted by molar-refractivity contribution is 0.0698. The van der Waals surface area contributed by atoms with Crippen molar-refractivity contribution in [3.63, 3.8) is 0 Å². The maximum atomic E-state index is 11.3. The van der Waals surface area contributed by atoms with Crippen molar-refractivity contribution < 1.29 is 9.90 Å². The van der Waals surface area contributed by atoms with Crippen LogP contribution >= 0.6 is 0 Å². The number of hydrogen-bond acceptors (Lipinski definition) is 2. The van der Waals surface area contributed by atoms with Crippen molar-refractivity contribution in [3.05, 3.63) is 29.6 Å². The predicted octanol–water partition coefficient (Wildman–Crippen LogP) is 4.02. The van der Waals surface area contributed by atoms with Gasteiger partial charge in [0.2, 0.25) is 0 Å². The van der Waals surface area contributed by atoms with Gasteiger partial charge in [-0.05, 0) is 55.6 Å². The lowest BCUT2D eigenvalue weighted by atomic mass is 9.77. The van der Waals surface area contributed by atoms with Crippen molar-refractivity contribution in [2.24, 2.45) is 17.8 Å². The third-order valence-electron chi connectivity index (χ3n) is 5.77. The summed E-state index contributed by atoms with van der Waals surface area (Å²) in [6.07, 6.45) is 10.9. The van der Waals surface area contributed by atoms with Gasteiger partial charge in [-0.25, -0.2) is 4.79 Å². The molecule has 4 rings (SSSR count). The van der Waals surface area contributed by atoms with Crippen LogP contribution in [0.15, 0.2) is 18.3 Å². The molecule has 0 radical (unpaired) electrons. The van der Waals surface area contributed by atoms with Crippen LogP contribution in [0.3, 0.4) is 0 Å². The molecule has 4 heteroatoms. The van der Waals surface area contributed by atoms with Crippen LogP contribution in [0.25, 0.3) is 11.0 Å². The van der Waals surface area contributed by atoms with Gasteiger partial charge in [0, 0.05) is 11.9 Å². The van der Waals surface area contributed by atoms with Crippen molar-refractivity contribution in [3.8, 4) is 0 Å². The minimum atomic E-state index is -0.894. The van der Waals surface area contributed by atoms with Gasteiger partial charge >= 0.3 is 5.97 Å². The molecule has 4 nitrogen and oxygen atoms in total. The highest BCUT2D eigenvalue weighted by Gasteiger charge is 2.37. The highest BCUT2D eigenvalue weighted by molar-refractivity contribution is 6.00. The van der Waals surface area contributed by atoms with E-state index in [4.69, 9.17) is 0 Å². The molecule has 0 spiro atoms. The van der Waals surface area contributed by atoms with Gasteiger partial charge in [-0.2, -0.15) is 0 Å². The zero-order chi connectivity index (χ0) is 15.1. The number of nitrogens with zero attached hydrogens (tertiary/aromatic N) is 1. The van der Waals surface area contributed by atoms with Crippen LogP contribution in [0.5, 0.6) is 0 Å². The summed E-state index contributed by atoms with van der Waals surface area (Å²) < 4.78 is 0. The SMILES string of the molecule is O=C(O)c1ccnc2cc(CC3CCC4CCCCC43)[nH]c12. The molecule has 3 unspecified atom stereocenters. The summed E-state index contributed by atoms with van der Waals surface area (Å²) in [6.45, 7) is 0. The van der Waals surface area contributed by atoms with E-state index in [1.807, 2.05) is 6.07 Å². The number of carbonyl (C=O) groups is 1. The number of rotatable bonds is 3. The smallest absolute Gasteiger partial charge is 0.337 e. The molecule has 2 aromatic heterocycles. The average Bonchev–Trinajstić information content (AvgIpc) is 3.11. The Morgan fingerprint density at radius 2 is 2.14 bits per heavy atom. The van der Waals surface area contributed by atoms with Crippen LogP contribution in [0.4, 0.5) is 0 Å². The van der Waals surface area contributed by atoms with Crippen LogP contribution in [-0.2, 0) is 6.42 Å². The number of H-pyrrole nitrogens is 1. The first-order chi connectivity index (χ1) is 10.7. The Morgan fingerprint density at radius 1 is 1.27 bits per heavy atom. The number of nitrogens with one attached hydrogen (secondary N) is 1. The van der Waals surface area contributed by atoms with E-state index in [9.17, 15) is 9.90 Å². The number of pyridine rings is 1. The van der Waals surface area contributed by atoms with Crippen molar-refractivity contribution in [2.75, 3.05) is 0 Å². The van der Waals surface area contributed by atoms with E-state index in [1.165, 1.54) is 38.5 Å². The Hall–Kier alpha value is -1.84. The first-order valence-corrected chi connectivity index (χ1v) is 8.42. The second-order valence-electron chi connectivity index (χ2n) is 6.97. The van der Waals surface area contributed by atoms with E-state index < -0.39 is 5.97 Å². The number of aromatic nitrogens is 2. The molecular weight excluding hydrogens is 276 g/mol. The largest absolute Gasteiger partial charge is 0.478 e. The molecule has 2 heterocycles. The lowest BCUT2D eigenvalue weighted by Crippen LogP contribution is -2.20. The van der Waals surface area contributed by atoms with Gasteiger partial charge in [0.05, 0.1) is 16.6 Å². The Morgan fingerprint density at radius 3 is 3.00 bits per heavy atom. The lowest BCUT2D eigenvalue weighted by Gasteiger charge is -2.29. The average molecular weight is 298 g/mol. The maximum Gasteiger partial charge on any atom is 0.337 e. The van der Waals surface area contributed by atoms with Gasteiger partial charge < -0.3 is 10.1 Å². The summed E-state index contributed by atoms with van der Waals surface area (Å²) >= 11 is 0. The van der Waals surface area contributed by atoms with E-state index in [2.05, 4.69) is 9.97 Å². The molecule has 22 heavy (non-hydrogen) atoms. The van der Waals surface area contributed by atoms with Crippen LogP contribution in [0.1, 0.15) is 54.6 Å². The van der Waals surface area contributed by atoms with Crippen LogP contribution < -0.4 is 0 Å². The number of aromatic carboxylic acids is 1. The topological polar surface area (TPSA) is 66.0 Å². The van der Waals surface area contributed by atoms with E-state index >= 15 is 0 Å². The van der Waals surface area contributed by atoms with Gasteiger partial charge in [0.25, 0.3) is 0 Å². The van der Waals surface area contributed by atoms with Gasteiger partial charge in [0.15, 0.2) is 0 Å². The van der Waals surface area contributed by atoms with Gasteiger partial charge in [-0.15, -0.1) is 0 Å². The molecular formula is C18H22N2O2. The molecule has 0 saturated heterocycles. The second kappa shape index (κ2) is 5.41. The minimum Gasteiger partial charge on any atom is -0.478 e. The molecule has 116 valence electrons. The van der Waals surface area contributed by atoms with Gasteiger partial charge in [-0.1, -0.05) is 19.3 Å². The van der Waals surface area contributed by atoms with Crippen LogP contribution in [-0.4, -0.2) is 21.0 Å². The molecule has 0 bridgehead atoms. The Balaban J connectivity index is 1.59. The quantitative estimate of drug-likeness (QED) is 0.899. The molecule has 0 aromatic carbocycles. The predicted molar refractivity (Wildman–Crippen MR) is 84.9 cm³/mol. The summed E-state index contributed by atoms with van der Waals surface area (Å²) in [5.74, 6) is 1.68. The molecule has 0 amide bonds. The third kappa shape index (κ3) is 2.31. The van der Waals surface area contributed by atoms with Crippen LogP contribution in [0.2, 0.25) is 0 Å². The fourth-order valence-electron chi connectivity index (χ4n) is 4.76. The van der Waals surface area contributed by atoms with Crippen molar-refractivity contribution in [2.45, 2.75) is 44.9 Å². The van der Waals surface area contributed by atoms with Crippen molar-refractivity contribution in [1.29, 1.82) is 0 Å². The number of aromatic amines is 1. The zero-order valence-corrected chi connectivity index (χ0v) is 12.7. The fraction of sp³-hybridized carbons (Fsp3) is 0.556. The van der Waals surface area contributed by atoms with E-state index in [0.717, 1.165) is 35.4 Å². The highest BCUT2D eigenvalue weighted by Crippen LogP contribution is 2.47. The standard InChI is InChI=1S/C18H22N2O2/c21-18(22)15-7-8-19-16-10-13(20-17(15)16)9-12-6-5-11-3-1-2-4-14(11)12/h7-8,10-12,14,20H,1-6,9H2,(H,21,22). The summed E-state index contributed by atoms with van der Waals surface area (Å²) in [7, 11) is 0. The zero-order valence-electron chi connectivity index (χ0n) is 12.7. The summed E-state index contributed by atoms with van der Waals surface area (Å²) in [5.41, 5.74) is 2.90. The normalized spacial score (nSPS) is 27.9. The number of carboxylic acid groups (broad SMARTS) is 1. The first-order valence-electron chi connectivity index (χ1n) is 8.42. The maximum absolute atomic E-state index is 11.3. The van der Waals surface area contributed by atoms with Crippen LogP contribution in [0, 0.1) is 17.8 Å². The monoisotopic (exact) mass is 298 g/mol. The highest BCUT2D eigenvalue weighted by atomic mass is 16.4. The molecule has 0 aliphatic heterocycles.